The number of nitrogens with zero attached hydrogens (tertiary/aromatic N) is 5. The van der Waals surface area contributed by atoms with Crippen LogP contribution in [0.25, 0.3) is 33.3 Å². The number of hydrogen-bond acceptors (Lipinski definition) is 8. The van der Waals surface area contributed by atoms with Crippen molar-refractivity contribution < 1.29 is 14.6 Å². The van der Waals surface area contributed by atoms with Crippen LogP contribution < -0.4 is 15.0 Å². The number of aromatic hydroxyl groups is 1. The average Bonchev–Trinajstić information content (AvgIpc) is 3.32. The Morgan fingerprint density at radius 2 is 1.83 bits per heavy atom. The maximum absolute atomic E-state index is 11.6. The van der Waals surface area contributed by atoms with Gasteiger partial charge in [0.05, 0.1) is 24.1 Å². The molecular weight excluding hydrogens is 516 g/mol. The number of rotatable bonds is 10. The fourth-order valence-electron chi connectivity index (χ4n) is 4.83. The van der Waals surface area contributed by atoms with Crippen LogP contribution in [0.1, 0.15) is 10.4 Å². The summed E-state index contributed by atoms with van der Waals surface area (Å²) in [5.74, 6) is 1.00. The first-order valence-electron chi connectivity index (χ1n) is 13.3. The van der Waals surface area contributed by atoms with Gasteiger partial charge in [-0.25, -0.2) is 9.97 Å². The van der Waals surface area contributed by atoms with Crippen LogP contribution in [0, 0.1) is 0 Å². The summed E-state index contributed by atoms with van der Waals surface area (Å²) in [6.07, 6.45) is 4.42. The number of phenols is 1. The topological polar surface area (TPSA) is 95.8 Å². The minimum Gasteiger partial charge on any atom is -0.507 e. The largest absolute Gasteiger partial charge is 0.507 e. The second kappa shape index (κ2) is 11.7. The lowest BCUT2D eigenvalue weighted by atomic mass is 9.98. The van der Waals surface area contributed by atoms with Gasteiger partial charge < -0.3 is 29.5 Å². The zero-order chi connectivity index (χ0) is 29.1. The van der Waals surface area contributed by atoms with E-state index >= 15 is 0 Å². The number of anilines is 3. The van der Waals surface area contributed by atoms with E-state index in [2.05, 4.69) is 57.9 Å². The van der Waals surface area contributed by atoms with Crippen molar-refractivity contribution in [1.29, 1.82) is 0 Å². The van der Waals surface area contributed by atoms with Crippen molar-refractivity contribution in [3.8, 4) is 33.9 Å². The molecule has 0 aliphatic rings. The summed E-state index contributed by atoms with van der Waals surface area (Å²) in [6, 6.07) is 19.0. The molecule has 9 nitrogen and oxygen atoms in total. The number of aryl methyl sites for hydroxylation is 1. The van der Waals surface area contributed by atoms with Crippen LogP contribution in [0.15, 0.2) is 73.1 Å². The second-order valence-electron chi connectivity index (χ2n) is 10.3. The van der Waals surface area contributed by atoms with Crippen molar-refractivity contribution in [3.63, 3.8) is 0 Å². The van der Waals surface area contributed by atoms with Crippen molar-refractivity contribution in [3.05, 3.63) is 78.6 Å². The number of para-hydroxylation sites is 1. The smallest absolute Gasteiger partial charge is 0.227 e. The molecule has 0 saturated carbocycles. The van der Waals surface area contributed by atoms with Gasteiger partial charge >= 0.3 is 0 Å². The molecule has 0 bridgehead atoms. The van der Waals surface area contributed by atoms with Crippen molar-refractivity contribution in [1.82, 2.24) is 19.4 Å². The molecule has 2 heterocycles. The molecule has 5 rings (SSSR count). The van der Waals surface area contributed by atoms with Crippen molar-refractivity contribution in [2.45, 2.75) is 0 Å². The molecule has 41 heavy (non-hydrogen) atoms. The third-order valence-electron chi connectivity index (χ3n) is 7.16. The van der Waals surface area contributed by atoms with Gasteiger partial charge in [0, 0.05) is 73.4 Å². The van der Waals surface area contributed by atoms with E-state index in [1.165, 1.54) is 6.07 Å². The third kappa shape index (κ3) is 5.71. The lowest BCUT2D eigenvalue weighted by Gasteiger charge is -2.23. The van der Waals surface area contributed by atoms with Gasteiger partial charge in [-0.2, -0.15) is 0 Å². The van der Waals surface area contributed by atoms with E-state index in [4.69, 9.17) is 9.72 Å². The van der Waals surface area contributed by atoms with Crippen LogP contribution in [0.3, 0.4) is 0 Å². The van der Waals surface area contributed by atoms with Crippen LogP contribution in [0.2, 0.25) is 0 Å². The summed E-state index contributed by atoms with van der Waals surface area (Å²) in [5, 5.41) is 14.5. The molecular formula is C32H34N6O3. The number of aromatic nitrogens is 3. The maximum atomic E-state index is 11.6. The highest BCUT2D eigenvalue weighted by Crippen LogP contribution is 2.38. The first-order valence-corrected chi connectivity index (χ1v) is 13.3. The molecule has 0 saturated heterocycles. The fourth-order valence-corrected chi connectivity index (χ4v) is 4.83. The quantitative estimate of drug-likeness (QED) is 0.218. The van der Waals surface area contributed by atoms with Crippen molar-refractivity contribution >= 4 is 34.5 Å². The number of methoxy groups -OCH3 is 1. The van der Waals surface area contributed by atoms with Gasteiger partial charge in [-0.05, 0) is 50.0 Å². The standard InChI is InChI=1S/C32H34N6O3/c1-36(2)14-15-37(3)23-11-12-27(30(17-23)41-5)34-32-33-18-25(21-10-13-29(40)22(16-21)20-39)31(35-32)26-19-38(4)28-9-7-6-8-24(26)28/h6-13,16-20,40H,14-15H2,1-5H3,(H,33,34,35). The molecule has 3 aromatic carbocycles. The molecule has 0 atom stereocenters. The molecule has 210 valence electrons. The first kappa shape index (κ1) is 27.7. The normalized spacial score (nSPS) is 11.2. The molecule has 0 aliphatic carbocycles. The molecule has 2 N–H and O–H groups in total. The molecule has 0 spiro atoms. The van der Waals surface area contributed by atoms with Crippen molar-refractivity contribution in [2.75, 3.05) is 51.6 Å². The van der Waals surface area contributed by atoms with Gasteiger partial charge in [0.1, 0.15) is 11.5 Å². The molecule has 9 heteroatoms. The zero-order valence-electron chi connectivity index (χ0n) is 23.9. The highest BCUT2D eigenvalue weighted by molar-refractivity contribution is 5.99. The van der Waals surface area contributed by atoms with Gasteiger partial charge in [-0.3, -0.25) is 4.79 Å². The van der Waals surface area contributed by atoms with Crippen molar-refractivity contribution in [2.24, 2.45) is 7.05 Å². The van der Waals surface area contributed by atoms with E-state index in [0.717, 1.165) is 52.1 Å². The van der Waals surface area contributed by atoms with Gasteiger partial charge in [0.2, 0.25) is 5.95 Å². The average molecular weight is 551 g/mol. The van der Waals surface area contributed by atoms with Gasteiger partial charge in [-0.15, -0.1) is 0 Å². The summed E-state index contributed by atoms with van der Waals surface area (Å²) in [6.45, 7) is 1.82. The highest BCUT2D eigenvalue weighted by atomic mass is 16.5. The Labute approximate surface area is 239 Å². The van der Waals surface area contributed by atoms with E-state index in [1.54, 1.807) is 25.4 Å². The highest BCUT2D eigenvalue weighted by Gasteiger charge is 2.18. The number of nitrogens with one attached hydrogen (secondary N) is 1. The zero-order valence-corrected chi connectivity index (χ0v) is 23.9. The van der Waals surface area contributed by atoms with Crippen LogP contribution >= 0.6 is 0 Å². The number of carbonyl (C=O) groups excluding carboxylic acids is 1. The van der Waals surface area contributed by atoms with Gasteiger partial charge in [0.15, 0.2) is 6.29 Å². The Bertz CT molecular complexity index is 1710. The van der Waals surface area contributed by atoms with Gasteiger partial charge in [-0.1, -0.05) is 24.3 Å². The number of aldehydes is 1. The second-order valence-corrected chi connectivity index (χ2v) is 10.3. The molecule has 0 fully saturated rings. The summed E-state index contributed by atoms with van der Waals surface area (Å²) in [5.41, 5.74) is 6.13. The molecule has 5 aromatic rings. The molecule has 0 amide bonds. The molecule has 0 radical (unpaired) electrons. The minimum atomic E-state index is -0.0717. The van der Waals surface area contributed by atoms with Crippen LogP contribution in [-0.2, 0) is 7.05 Å². The SMILES string of the molecule is COc1cc(N(C)CCN(C)C)ccc1Nc1ncc(-c2ccc(O)c(C=O)c2)c(-c2cn(C)c3ccccc23)n1. The van der Waals surface area contributed by atoms with Crippen LogP contribution in [0.5, 0.6) is 11.5 Å². The van der Waals surface area contributed by atoms with E-state index in [1.807, 2.05) is 43.6 Å². The van der Waals surface area contributed by atoms with Gasteiger partial charge in [0.25, 0.3) is 0 Å². The lowest BCUT2D eigenvalue weighted by Crippen LogP contribution is -2.28. The Kier molecular flexibility index (Phi) is 7.89. The predicted molar refractivity (Wildman–Crippen MR) is 165 cm³/mol. The Morgan fingerprint density at radius 3 is 2.59 bits per heavy atom. The van der Waals surface area contributed by atoms with E-state index < -0.39 is 0 Å². The fraction of sp³-hybridized carbons (Fsp3) is 0.219. The third-order valence-corrected chi connectivity index (χ3v) is 7.16. The molecule has 2 aromatic heterocycles. The molecule has 0 unspecified atom stereocenters. The minimum absolute atomic E-state index is 0.0717. The number of likely N-dealkylation sites (N-methyl/N-ethyl adjacent to an activating group) is 2. The monoisotopic (exact) mass is 550 g/mol. The number of carbonyl (C=O) groups is 1. The number of hydrogen-bond donors (Lipinski definition) is 2. The van der Waals surface area contributed by atoms with E-state index in [0.29, 0.717) is 23.7 Å². The Morgan fingerprint density at radius 1 is 1.02 bits per heavy atom. The maximum Gasteiger partial charge on any atom is 0.227 e. The summed E-state index contributed by atoms with van der Waals surface area (Å²) in [4.78, 5) is 25.5. The molecule has 0 aliphatic heterocycles. The number of fused-ring (bicyclic) bond motifs is 1. The Hall–Kier alpha value is -4.89. The van der Waals surface area contributed by atoms with E-state index in [-0.39, 0.29) is 11.3 Å². The Balaban J connectivity index is 1.58. The van der Waals surface area contributed by atoms with E-state index in [9.17, 15) is 9.90 Å². The predicted octanol–water partition coefficient (Wildman–Crippen LogP) is 5.57. The first-order chi connectivity index (χ1) is 19.8. The number of phenolic OH excluding ortho intramolecular Hbond substituents is 1. The number of benzene rings is 3. The summed E-state index contributed by atoms with van der Waals surface area (Å²) < 4.78 is 7.79. The lowest BCUT2D eigenvalue weighted by molar-refractivity contribution is 0.112. The van der Waals surface area contributed by atoms with Crippen LogP contribution in [-0.4, -0.2) is 72.2 Å². The summed E-state index contributed by atoms with van der Waals surface area (Å²) in [7, 11) is 9.82. The number of ether oxygens (including phenoxy) is 1. The van der Waals surface area contributed by atoms with Crippen LogP contribution in [0.4, 0.5) is 17.3 Å². The summed E-state index contributed by atoms with van der Waals surface area (Å²) >= 11 is 0.